The van der Waals surface area contributed by atoms with E-state index in [1.54, 1.807) is 24.4 Å². The number of benzene rings is 2. The van der Waals surface area contributed by atoms with Crippen molar-refractivity contribution in [2.45, 2.75) is 30.7 Å². The minimum Gasteiger partial charge on any atom is -0.349 e. The number of hydrogen-bond acceptors (Lipinski definition) is 5. The number of rotatable bonds is 5. The number of sulfonamides is 1. The molecular weight excluding hydrogens is 428 g/mol. The lowest BCUT2D eigenvalue weighted by Crippen LogP contribution is -2.46. The maximum atomic E-state index is 13.0. The molecule has 0 aliphatic carbocycles. The number of hydrogen-bond donors (Lipinski definition) is 2. The molecule has 1 saturated heterocycles. The maximum absolute atomic E-state index is 13.0. The van der Waals surface area contributed by atoms with E-state index in [1.165, 1.54) is 23.4 Å². The van der Waals surface area contributed by atoms with Crippen molar-refractivity contribution in [3.05, 3.63) is 66.4 Å². The van der Waals surface area contributed by atoms with Crippen LogP contribution in [0.4, 0.5) is 5.69 Å². The number of piperidine rings is 1. The number of para-hydroxylation sites is 1. The summed E-state index contributed by atoms with van der Waals surface area (Å²) >= 11 is 0. The summed E-state index contributed by atoms with van der Waals surface area (Å²) in [4.78, 5) is 28.5. The fourth-order valence-corrected chi connectivity index (χ4v) is 5.32. The molecule has 8 nitrogen and oxygen atoms in total. The van der Waals surface area contributed by atoms with Crippen LogP contribution in [0.25, 0.3) is 10.9 Å². The average molecular weight is 453 g/mol. The van der Waals surface area contributed by atoms with Crippen molar-refractivity contribution in [3.8, 4) is 0 Å². The number of pyridine rings is 1. The zero-order valence-electron chi connectivity index (χ0n) is 17.6. The summed E-state index contributed by atoms with van der Waals surface area (Å²) in [7, 11) is -3.64. The van der Waals surface area contributed by atoms with Crippen LogP contribution in [-0.4, -0.2) is 48.7 Å². The van der Waals surface area contributed by atoms with Crippen LogP contribution in [0.1, 0.15) is 30.1 Å². The molecule has 3 aromatic rings. The summed E-state index contributed by atoms with van der Waals surface area (Å²) in [5.74, 6) is -0.423. The number of anilines is 1. The number of carbonyl (C=O) groups excluding carboxylic acids is 2. The van der Waals surface area contributed by atoms with Crippen molar-refractivity contribution in [3.63, 3.8) is 0 Å². The Morgan fingerprint density at radius 1 is 1.00 bits per heavy atom. The first-order chi connectivity index (χ1) is 15.3. The third kappa shape index (κ3) is 4.63. The average Bonchev–Trinajstić information content (AvgIpc) is 2.79. The molecule has 2 aromatic carbocycles. The van der Waals surface area contributed by atoms with Gasteiger partial charge in [0.1, 0.15) is 0 Å². The van der Waals surface area contributed by atoms with E-state index in [9.17, 15) is 18.0 Å². The molecule has 1 aliphatic heterocycles. The van der Waals surface area contributed by atoms with Gasteiger partial charge in [-0.3, -0.25) is 14.6 Å². The van der Waals surface area contributed by atoms with E-state index in [-0.39, 0.29) is 22.8 Å². The lowest BCUT2D eigenvalue weighted by Gasteiger charge is -2.31. The molecule has 32 heavy (non-hydrogen) atoms. The Hall–Kier alpha value is -3.30. The molecule has 0 radical (unpaired) electrons. The minimum absolute atomic E-state index is 0.116. The molecule has 4 rings (SSSR count). The fraction of sp³-hybridized carbons (Fsp3) is 0.261. The molecule has 0 spiro atoms. The van der Waals surface area contributed by atoms with Crippen molar-refractivity contribution in [1.82, 2.24) is 14.6 Å². The van der Waals surface area contributed by atoms with Gasteiger partial charge in [0, 0.05) is 43.3 Å². The summed E-state index contributed by atoms with van der Waals surface area (Å²) < 4.78 is 27.4. The molecule has 166 valence electrons. The number of nitrogens with zero attached hydrogens (tertiary/aromatic N) is 2. The second-order valence-electron chi connectivity index (χ2n) is 7.74. The van der Waals surface area contributed by atoms with Crippen LogP contribution < -0.4 is 10.6 Å². The monoisotopic (exact) mass is 452 g/mol. The van der Waals surface area contributed by atoms with Crippen LogP contribution in [0.15, 0.2) is 65.7 Å². The Bertz CT molecular complexity index is 1250. The van der Waals surface area contributed by atoms with Crippen molar-refractivity contribution in [2.75, 3.05) is 18.4 Å². The Kier molecular flexibility index (Phi) is 6.20. The van der Waals surface area contributed by atoms with E-state index < -0.39 is 10.0 Å². The molecule has 1 aliphatic rings. The standard InChI is InChI=1S/C23H24N4O4S/c1-16(28)25-18-7-9-20(10-8-18)32(30,31)27-14-11-19(12-15-27)26-23(29)21-6-2-4-17-5-3-13-24-22(17)21/h2-10,13,19H,11-12,14-15H2,1H3,(H,25,28)(H,26,29). The van der Waals surface area contributed by atoms with Gasteiger partial charge < -0.3 is 10.6 Å². The molecule has 2 N–H and O–H groups in total. The Morgan fingerprint density at radius 3 is 2.38 bits per heavy atom. The van der Waals surface area contributed by atoms with Gasteiger partial charge >= 0.3 is 0 Å². The van der Waals surface area contributed by atoms with E-state index in [0.717, 1.165) is 5.39 Å². The highest BCUT2D eigenvalue weighted by molar-refractivity contribution is 7.89. The van der Waals surface area contributed by atoms with Crippen LogP contribution in [0.3, 0.4) is 0 Å². The lowest BCUT2D eigenvalue weighted by atomic mass is 10.0. The van der Waals surface area contributed by atoms with Gasteiger partial charge in [-0.05, 0) is 49.2 Å². The van der Waals surface area contributed by atoms with E-state index in [0.29, 0.717) is 42.7 Å². The van der Waals surface area contributed by atoms with Crippen LogP contribution in [0.5, 0.6) is 0 Å². The van der Waals surface area contributed by atoms with E-state index in [2.05, 4.69) is 15.6 Å². The zero-order chi connectivity index (χ0) is 22.7. The molecule has 1 fully saturated rings. The molecule has 0 saturated carbocycles. The second kappa shape index (κ2) is 9.05. The van der Waals surface area contributed by atoms with Gasteiger partial charge in [0.25, 0.3) is 5.91 Å². The van der Waals surface area contributed by atoms with Crippen molar-refractivity contribution < 1.29 is 18.0 Å². The molecule has 1 aromatic heterocycles. The third-order valence-corrected chi connectivity index (χ3v) is 7.39. The first kappa shape index (κ1) is 21.9. The van der Waals surface area contributed by atoms with Gasteiger partial charge in [-0.15, -0.1) is 0 Å². The number of carbonyl (C=O) groups is 2. The first-order valence-electron chi connectivity index (χ1n) is 10.4. The SMILES string of the molecule is CC(=O)Nc1ccc(S(=O)(=O)N2CCC(NC(=O)c3cccc4cccnc34)CC2)cc1. The molecule has 9 heteroatoms. The first-order valence-corrected chi connectivity index (χ1v) is 11.8. The van der Waals surface area contributed by atoms with Crippen LogP contribution in [0, 0.1) is 0 Å². The van der Waals surface area contributed by atoms with Gasteiger partial charge in [-0.1, -0.05) is 18.2 Å². The number of fused-ring (bicyclic) bond motifs is 1. The summed E-state index contributed by atoms with van der Waals surface area (Å²) in [5.41, 5.74) is 1.70. The third-order valence-electron chi connectivity index (χ3n) is 5.48. The number of nitrogens with one attached hydrogen (secondary N) is 2. The summed E-state index contributed by atoms with van der Waals surface area (Å²) in [6, 6.07) is 15.2. The lowest BCUT2D eigenvalue weighted by molar-refractivity contribution is -0.114. The fourth-order valence-electron chi connectivity index (χ4n) is 3.85. The highest BCUT2D eigenvalue weighted by Gasteiger charge is 2.30. The molecule has 0 bridgehead atoms. The topological polar surface area (TPSA) is 108 Å². The molecular formula is C23H24N4O4S. The zero-order valence-corrected chi connectivity index (χ0v) is 18.4. The molecule has 0 unspecified atom stereocenters. The van der Waals surface area contributed by atoms with Gasteiger partial charge in [0.2, 0.25) is 15.9 Å². The number of aromatic nitrogens is 1. The molecule has 2 heterocycles. The predicted octanol–water partition coefficient (Wildman–Crippen LogP) is 2.78. The van der Waals surface area contributed by atoms with Crippen LogP contribution in [-0.2, 0) is 14.8 Å². The second-order valence-corrected chi connectivity index (χ2v) is 9.68. The Labute approximate surface area is 186 Å². The summed E-state index contributed by atoms with van der Waals surface area (Å²) in [5, 5.41) is 6.54. The Morgan fingerprint density at radius 2 is 1.69 bits per heavy atom. The summed E-state index contributed by atoms with van der Waals surface area (Å²) in [6.07, 6.45) is 2.70. The predicted molar refractivity (Wildman–Crippen MR) is 122 cm³/mol. The minimum atomic E-state index is -3.64. The normalized spacial score (nSPS) is 15.4. The highest BCUT2D eigenvalue weighted by Crippen LogP contribution is 2.23. The van der Waals surface area contributed by atoms with Gasteiger partial charge in [0.05, 0.1) is 16.0 Å². The van der Waals surface area contributed by atoms with Crippen molar-refractivity contribution >= 4 is 38.4 Å². The largest absolute Gasteiger partial charge is 0.349 e. The van der Waals surface area contributed by atoms with Gasteiger partial charge in [-0.25, -0.2) is 8.42 Å². The van der Waals surface area contributed by atoms with E-state index >= 15 is 0 Å². The molecule has 0 atom stereocenters. The van der Waals surface area contributed by atoms with Gasteiger partial charge in [0.15, 0.2) is 0 Å². The van der Waals surface area contributed by atoms with Crippen LogP contribution >= 0.6 is 0 Å². The quantitative estimate of drug-likeness (QED) is 0.619. The highest BCUT2D eigenvalue weighted by atomic mass is 32.2. The smallest absolute Gasteiger partial charge is 0.253 e. The maximum Gasteiger partial charge on any atom is 0.253 e. The number of amides is 2. The van der Waals surface area contributed by atoms with Crippen LogP contribution in [0.2, 0.25) is 0 Å². The van der Waals surface area contributed by atoms with Crippen molar-refractivity contribution in [1.29, 1.82) is 0 Å². The van der Waals surface area contributed by atoms with Crippen molar-refractivity contribution in [2.24, 2.45) is 0 Å². The van der Waals surface area contributed by atoms with E-state index in [1.807, 2.05) is 24.3 Å². The molecule has 2 amide bonds. The van der Waals surface area contributed by atoms with Gasteiger partial charge in [-0.2, -0.15) is 4.31 Å². The van der Waals surface area contributed by atoms with E-state index in [4.69, 9.17) is 0 Å². The Balaban J connectivity index is 1.39. The summed E-state index contributed by atoms with van der Waals surface area (Å²) in [6.45, 7) is 2.02.